The van der Waals surface area contributed by atoms with Gasteiger partial charge in [0.2, 0.25) is 5.78 Å². The standard InChI is InChI=1S/C23H20N4OS2/c1-2-16-8-10-17(11-9-16)14-26-21(28)20-19(12-13-29-20)27-22(26)24-25-23(27)30-15-18-6-4-3-5-7-18/h3-13H,2,14-15H2,1H3. The van der Waals surface area contributed by atoms with Gasteiger partial charge in [-0.3, -0.25) is 13.8 Å². The van der Waals surface area contributed by atoms with Crippen molar-refractivity contribution in [2.24, 2.45) is 0 Å². The molecule has 3 heterocycles. The molecule has 150 valence electrons. The van der Waals surface area contributed by atoms with Crippen molar-refractivity contribution in [1.82, 2.24) is 19.2 Å². The molecule has 0 unspecified atom stereocenters. The number of rotatable bonds is 6. The summed E-state index contributed by atoms with van der Waals surface area (Å²) < 4.78 is 4.48. The molecule has 0 fully saturated rings. The van der Waals surface area contributed by atoms with Crippen molar-refractivity contribution in [3.8, 4) is 0 Å². The summed E-state index contributed by atoms with van der Waals surface area (Å²) in [5.41, 5.74) is 4.45. The van der Waals surface area contributed by atoms with E-state index < -0.39 is 0 Å². The van der Waals surface area contributed by atoms with Crippen LogP contribution in [0.1, 0.15) is 23.6 Å². The van der Waals surface area contributed by atoms with Crippen molar-refractivity contribution >= 4 is 39.1 Å². The highest BCUT2D eigenvalue weighted by Gasteiger charge is 2.18. The van der Waals surface area contributed by atoms with Crippen LogP contribution in [-0.4, -0.2) is 19.2 Å². The molecular weight excluding hydrogens is 412 g/mol. The van der Waals surface area contributed by atoms with Gasteiger partial charge in [0.25, 0.3) is 5.56 Å². The fourth-order valence-corrected chi connectivity index (χ4v) is 5.24. The monoisotopic (exact) mass is 432 g/mol. The Labute approximate surface area is 182 Å². The predicted octanol–water partition coefficient (Wildman–Crippen LogP) is 5.01. The van der Waals surface area contributed by atoms with Gasteiger partial charge in [0.15, 0.2) is 5.16 Å². The molecule has 0 N–H and O–H groups in total. The zero-order valence-corrected chi connectivity index (χ0v) is 18.1. The molecule has 0 saturated carbocycles. The fraction of sp³-hybridized carbons (Fsp3) is 0.174. The quantitative estimate of drug-likeness (QED) is 0.354. The van der Waals surface area contributed by atoms with Gasteiger partial charge < -0.3 is 0 Å². The van der Waals surface area contributed by atoms with Gasteiger partial charge in [0.1, 0.15) is 4.70 Å². The maximum Gasteiger partial charge on any atom is 0.273 e. The number of fused-ring (bicyclic) bond motifs is 3. The van der Waals surface area contributed by atoms with Crippen molar-refractivity contribution in [2.75, 3.05) is 0 Å². The second-order valence-electron chi connectivity index (χ2n) is 7.09. The summed E-state index contributed by atoms with van der Waals surface area (Å²) in [5.74, 6) is 1.38. The van der Waals surface area contributed by atoms with Gasteiger partial charge in [0, 0.05) is 5.75 Å². The molecule has 5 aromatic rings. The predicted molar refractivity (Wildman–Crippen MR) is 124 cm³/mol. The summed E-state index contributed by atoms with van der Waals surface area (Å²) in [5, 5.41) is 11.6. The van der Waals surface area contributed by atoms with Gasteiger partial charge in [-0.1, -0.05) is 73.3 Å². The Bertz CT molecular complexity index is 1370. The van der Waals surface area contributed by atoms with E-state index in [0.717, 1.165) is 33.1 Å². The van der Waals surface area contributed by atoms with Crippen LogP contribution in [0.15, 0.2) is 76.0 Å². The van der Waals surface area contributed by atoms with Gasteiger partial charge in [-0.2, -0.15) is 0 Å². The van der Waals surface area contributed by atoms with Gasteiger partial charge in [-0.25, -0.2) is 0 Å². The first-order valence-electron chi connectivity index (χ1n) is 9.84. The van der Waals surface area contributed by atoms with Crippen molar-refractivity contribution in [2.45, 2.75) is 30.8 Å². The molecule has 5 rings (SSSR count). The highest BCUT2D eigenvalue weighted by atomic mass is 32.2. The largest absolute Gasteiger partial charge is 0.273 e. The topological polar surface area (TPSA) is 52.2 Å². The van der Waals surface area contributed by atoms with E-state index in [-0.39, 0.29) is 5.56 Å². The minimum absolute atomic E-state index is 0.0147. The molecule has 0 radical (unpaired) electrons. The molecule has 0 aliphatic rings. The van der Waals surface area contributed by atoms with Crippen molar-refractivity contribution in [1.29, 1.82) is 0 Å². The lowest BCUT2D eigenvalue weighted by atomic mass is 10.1. The molecule has 3 aromatic heterocycles. The van der Waals surface area contributed by atoms with Crippen LogP contribution in [0.2, 0.25) is 0 Å². The number of aromatic nitrogens is 4. The van der Waals surface area contributed by atoms with E-state index in [1.165, 1.54) is 22.5 Å². The average Bonchev–Trinajstić information content (AvgIpc) is 3.43. The Morgan fingerprint density at radius 3 is 2.47 bits per heavy atom. The lowest BCUT2D eigenvalue weighted by Crippen LogP contribution is -2.23. The van der Waals surface area contributed by atoms with Crippen LogP contribution < -0.4 is 5.56 Å². The first-order valence-corrected chi connectivity index (χ1v) is 11.7. The Morgan fingerprint density at radius 2 is 1.70 bits per heavy atom. The summed E-state index contributed by atoms with van der Waals surface area (Å²) in [4.78, 5) is 13.2. The highest BCUT2D eigenvalue weighted by molar-refractivity contribution is 7.98. The Kier molecular flexibility index (Phi) is 5.14. The molecule has 0 aliphatic heterocycles. The van der Waals surface area contributed by atoms with E-state index in [0.29, 0.717) is 12.3 Å². The van der Waals surface area contributed by atoms with E-state index in [2.05, 4.69) is 53.5 Å². The Morgan fingerprint density at radius 1 is 0.933 bits per heavy atom. The smallest absolute Gasteiger partial charge is 0.271 e. The van der Waals surface area contributed by atoms with E-state index in [9.17, 15) is 4.79 Å². The number of aryl methyl sites for hydroxylation is 1. The molecule has 5 nitrogen and oxygen atoms in total. The molecule has 7 heteroatoms. The third kappa shape index (κ3) is 3.44. The van der Waals surface area contributed by atoms with Crippen LogP contribution in [0.5, 0.6) is 0 Å². The molecule has 2 aromatic carbocycles. The van der Waals surface area contributed by atoms with Crippen molar-refractivity contribution in [3.05, 3.63) is 93.1 Å². The molecule has 30 heavy (non-hydrogen) atoms. The zero-order valence-electron chi connectivity index (χ0n) is 16.5. The first-order chi connectivity index (χ1) is 14.7. The van der Waals surface area contributed by atoms with Gasteiger partial charge in [0.05, 0.1) is 12.1 Å². The fourth-order valence-electron chi connectivity index (χ4n) is 3.52. The number of hydrogen-bond donors (Lipinski definition) is 0. The van der Waals surface area contributed by atoms with Crippen LogP contribution in [0, 0.1) is 0 Å². The minimum atomic E-state index is -0.0147. The van der Waals surface area contributed by atoms with Crippen LogP contribution in [0.4, 0.5) is 0 Å². The van der Waals surface area contributed by atoms with Crippen molar-refractivity contribution < 1.29 is 0 Å². The third-order valence-electron chi connectivity index (χ3n) is 5.17. The van der Waals surface area contributed by atoms with Crippen LogP contribution in [0.3, 0.4) is 0 Å². The normalized spacial score (nSPS) is 11.5. The molecule has 0 aliphatic carbocycles. The lowest BCUT2D eigenvalue weighted by molar-refractivity contribution is 0.765. The van der Waals surface area contributed by atoms with E-state index in [1.54, 1.807) is 16.3 Å². The number of benzene rings is 2. The summed E-state index contributed by atoms with van der Waals surface area (Å²) >= 11 is 3.10. The Balaban J connectivity index is 1.59. The first kappa shape index (κ1) is 19.1. The number of thiophene rings is 1. The second-order valence-corrected chi connectivity index (χ2v) is 8.95. The number of thioether (sulfide) groups is 1. The SMILES string of the molecule is CCc1ccc(Cn2c(=O)c3sccc3n3c(SCc4ccccc4)nnc23)cc1. The minimum Gasteiger partial charge on any atom is -0.271 e. The number of hydrogen-bond acceptors (Lipinski definition) is 5. The highest BCUT2D eigenvalue weighted by Crippen LogP contribution is 2.26. The van der Waals surface area contributed by atoms with E-state index in [4.69, 9.17) is 0 Å². The summed E-state index contributed by atoms with van der Waals surface area (Å²) in [6.45, 7) is 2.61. The van der Waals surface area contributed by atoms with Gasteiger partial charge in [-0.15, -0.1) is 21.5 Å². The van der Waals surface area contributed by atoms with E-state index >= 15 is 0 Å². The average molecular weight is 433 g/mol. The maximum atomic E-state index is 13.2. The molecule has 0 bridgehead atoms. The number of nitrogens with zero attached hydrogens (tertiary/aromatic N) is 4. The second kappa shape index (κ2) is 8.08. The third-order valence-corrected chi connectivity index (χ3v) is 7.06. The molecule has 0 atom stereocenters. The summed E-state index contributed by atoms with van der Waals surface area (Å²) in [6.07, 6.45) is 0.998. The van der Waals surface area contributed by atoms with Gasteiger partial charge >= 0.3 is 0 Å². The van der Waals surface area contributed by atoms with Crippen LogP contribution >= 0.6 is 23.1 Å². The maximum absolute atomic E-state index is 13.2. The molecule has 0 spiro atoms. The molecular formula is C23H20N4OS2. The summed E-state index contributed by atoms with van der Waals surface area (Å²) in [6, 6.07) is 20.7. The zero-order chi connectivity index (χ0) is 20.5. The lowest BCUT2D eigenvalue weighted by Gasteiger charge is -2.10. The van der Waals surface area contributed by atoms with Crippen molar-refractivity contribution in [3.63, 3.8) is 0 Å². The Hall–Kier alpha value is -2.90. The van der Waals surface area contributed by atoms with Gasteiger partial charge in [-0.05, 0) is 34.6 Å². The molecule has 0 amide bonds. The van der Waals surface area contributed by atoms with E-state index in [1.807, 2.05) is 34.0 Å². The summed E-state index contributed by atoms with van der Waals surface area (Å²) in [7, 11) is 0. The van der Waals surface area contributed by atoms with Crippen LogP contribution in [-0.2, 0) is 18.7 Å². The molecule has 0 saturated heterocycles. The van der Waals surface area contributed by atoms with Crippen LogP contribution in [0.25, 0.3) is 16.0 Å².